The van der Waals surface area contributed by atoms with Crippen LogP contribution in [0.5, 0.6) is 0 Å². The van der Waals surface area contributed by atoms with Crippen LogP contribution in [-0.2, 0) is 10.0 Å². The Morgan fingerprint density at radius 3 is 2.11 bits per heavy atom. The van der Waals surface area contributed by atoms with Crippen molar-refractivity contribution in [3.05, 3.63) is 45.4 Å². The second kappa shape index (κ2) is 4.52. The highest BCUT2D eigenvalue weighted by Crippen LogP contribution is 2.30. The SMILES string of the molecule is Cc1ccc(S(=O)(=O)n2cc3sc(=S)sc3c2)cc1. The molecule has 0 saturated carbocycles. The lowest BCUT2D eigenvalue weighted by molar-refractivity contribution is 0.587. The van der Waals surface area contributed by atoms with E-state index in [0.29, 0.717) is 4.90 Å². The van der Waals surface area contributed by atoms with Crippen molar-refractivity contribution >= 4 is 54.3 Å². The fraction of sp³-hybridized carbons (Fsp3) is 0.0833. The van der Waals surface area contributed by atoms with Gasteiger partial charge in [0.25, 0.3) is 10.0 Å². The summed E-state index contributed by atoms with van der Waals surface area (Å²) in [5.41, 5.74) is 1.03. The lowest BCUT2D eigenvalue weighted by atomic mass is 10.2. The van der Waals surface area contributed by atoms with E-state index in [2.05, 4.69) is 0 Å². The van der Waals surface area contributed by atoms with E-state index in [1.807, 2.05) is 6.92 Å². The zero-order valence-corrected chi connectivity index (χ0v) is 13.1. The molecule has 3 aromatic rings. The van der Waals surface area contributed by atoms with Crippen LogP contribution in [0.3, 0.4) is 0 Å². The summed E-state index contributed by atoms with van der Waals surface area (Å²) in [5.74, 6) is 0. The Hall–Kier alpha value is -1.02. The zero-order valence-electron chi connectivity index (χ0n) is 9.86. The lowest BCUT2D eigenvalue weighted by Crippen LogP contribution is -2.10. The monoisotopic (exact) mass is 327 g/mol. The third kappa shape index (κ3) is 2.27. The van der Waals surface area contributed by atoms with Gasteiger partial charge in [0.15, 0.2) is 0 Å². The molecule has 7 heteroatoms. The van der Waals surface area contributed by atoms with E-state index in [-0.39, 0.29) is 0 Å². The topological polar surface area (TPSA) is 39.1 Å². The molecule has 0 radical (unpaired) electrons. The fourth-order valence-electron chi connectivity index (χ4n) is 1.72. The summed E-state index contributed by atoms with van der Waals surface area (Å²) in [7, 11) is -3.50. The molecule has 0 N–H and O–H groups in total. The Bertz CT molecular complexity index is 863. The Morgan fingerprint density at radius 1 is 1.05 bits per heavy atom. The molecule has 2 aromatic heterocycles. The number of rotatable bonds is 2. The number of aromatic nitrogens is 1. The van der Waals surface area contributed by atoms with Crippen molar-refractivity contribution in [3.8, 4) is 0 Å². The lowest BCUT2D eigenvalue weighted by Gasteiger charge is -2.05. The van der Waals surface area contributed by atoms with Crippen LogP contribution in [0.1, 0.15) is 5.56 Å². The summed E-state index contributed by atoms with van der Waals surface area (Å²) in [6.45, 7) is 1.93. The molecular weight excluding hydrogens is 318 g/mol. The van der Waals surface area contributed by atoms with Crippen LogP contribution in [0.15, 0.2) is 41.6 Å². The quantitative estimate of drug-likeness (QED) is 0.667. The molecule has 0 aliphatic heterocycles. The first-order valence-corrected chi connectivity index (χ1v) is 8.89. The van der Waals surface area contributed by atoms with Gasteiger partial charge in [-0.05, 0) is 19.1 Å². The molecule has 0 spiro atoms. The molecule has 98 valence electrons. The molecule has 0 fully saturated rings. The van der Waals surface area contributed by atoms with Crippen molar-refractivity contribution in [1.29, 1.82) is 0 Å². The third-order valence-electron chi connectivity index (χ3n) is 2.71. The van der Waals surface area contributed by atoms with Crippen LogP contribution in [0.2, 0.25) is 0 Å². The average molecular weight is 327 g/mol. The number of nitrogens with zero attached hydrogens (tertiary/aromatic N) is 1. The van der Waals surface area contributed by atoms with Gasteiger partial charge in [0.1, 0.15) is 3.14 Å². The van der Waals surface area contributed by atoms with Crippen molar-refractivity contribution in [2.24, 2.45) is 0 Å². The molecule has 0 aliphatic rings. The molecular formula is C12H9NO2S4. The van der Waals surface area contributed by atoms with E-state index in [9.17, 15) is 8.42 Å². The zero-order chi connectivity index (χ0) is 13.6. The van der Waals surface area contributed by atoms with E-state index in [4.69, 9.17) is 12.2 Å². The van der Waals surface area contributed by atoms with Crippen molar-refractivity contribution < 1.29 is 8.42 Å². The summed E-state index contributed by atoms with van der Waals surface area (Å²) < 4.78 is 28.8. The van der Waals surface area contributed by atoms with Gasteiger partial charge < -0.3 is 0 Å². The standard InChI is InChI=1S/C12H9NO2S4/c1-8-2-4-9(5-3-8)19(14,15)13-6-10-11(7-13)18-12(16)17-10/h2-7H,1H3. The van der Waals surface area contributed by atoms with E-state index < -0.39 is 10.0 Å². The minimum absolute atomic E-state index is 0.296. The van der Waals surface area contributed by atoms with Gasteiger partial charge in [0, 0.05) is 12.4 Å². The number of benzene rings is 1. The minimum atomic E-state index is -3.50. The Morgan fingerprint density at radius 2 is 1.58 bits per heavy atom. The maximum absolute atomic E-state index is 12.4. The fourth-order valence-corrected chi connectivity index (χ4v) is 5.56. The van der Waals surface area contributed by atoms with Gasteiger partial charge in [-0.25, -0.2) is 12.4 Å². The molecule has 0 aliphatic carbocycles. The maximum atomic E-state index is 12.4. The van der Waals surface area contributed by atoms with E-state index in [0.717, 1.165) is 18.1 Å². The van der Waals surface area contributed by atoms with Gasteiger partial charge in [0.05, 0.1) is 14.3 Å². The molecule has 2 heterocycles. The molecule has 1 aromatic carbocycles. The van der Waals surface area contributed by atoms with Gasteiger partial charge in [-0.15, -0.1) is 22.7 Å². The molecule has 19 heavy (non-hydrogen) atoms. The van der Waals surface area contributed by atoms with Crippen LogP contribution in [0, 0.1) is 10.1 Å². The van der Waals surface area contributed by atoms with Crippen LogP contribution >= 0.6 is 34.9 Å². The molecule has 0 amide bonds. The van der Waals surface area contributed by atoms with Gasteiger partial charge in [-0.1, -0.05) is 29.9 Å². The molecule has 0 atom stereocenters. The Balaban J connectivity index is 2.15. The van der Waals surface area contributed by atoms with Gasteiger partial charge in [0.2, 0.25) is 0 Å². The highest BCUT2D eigenvalue weighted by molar-refractivity contribution is 7.90. The van der Waals surface area contributed by atoms with Gasteiger partial charge in [-0.3, -0.25) is 0 Å². The largest absolute Gasteiger partial charge is 0.267 e. The summed E-state index contributed by atoms with van der Waals surface area (Å²) >= 11 is 7.96. The summed E-state index contributed by atoms with van der Waals surface area (Å²) in [5, 5.41) is 0. The second-order valence-corrected chi connectivity index (χ2v) is 9.22. The summed E-state index contributed by atoms with van der Waals surface area (Å²) in [6.07, 6.45) is 3.25. The van der Waals surface area contributed by atoms with Gasteiger partial charge in [-0.2, -0.15) is 0 Å². The summed E-state index contributed by atoms with van der Waals surface area (Å²) in [4.78, 5) is 0.296. The first-order chi connectivity index (χ1) is 8.96. The van der Waals surface area contributed by atoms with Crippen LogP contribution in [-0.4, -0.2) is 12.4 Å². The number of hydrogen-bond donors (Lipinski definition) is 0. The summed E-state index contributed by atoms with van der Waals surface area (Å²) in [6, 6.07) is 6.84. The smallest absolute Gasteiger partial charge is 0.246 e. The predicted octanol–water partition coefficient (Wildman–Crippen LogP) is 4.04. The van der Waals surface area contributed by atoms with E-state index in [1.165, 1.54) is 26.6 Å². The first-order valence-electron chi connectivity index (χ1n) is 5.41. The van der Waals surface area contributed by atoms with Gasteiger partial charge >= 0.3 is 0 Å². The molecule has 0 unspecified atom stereocenters. The van der Waals surface area contributed by atoms with E-state index in [1.54, 1.807) is 36.7 Å². The van der Waals surface area contributed by atoms with E-state index >= 15 is 0 Å². The van der Waals surface area contributed by atoms with Crippen molar-refractivity contribution in [2.45, 2.75) is 11.8 Å². The molecule has 0 bridgehead atoms. The first kappa shape index (κ1) is 13.0. The number of hydrogen-bond acceptors (Lipinski definition) is 5. The molecule has 0 saturated heterocycles. The van der Waals surface area contributed by atoms with Crippen LogP contribution in [0.4, 0.5) is 0 Å². The normalized spacial score (nSPS) is 12.1. The third-order valence-corrected chi connectivity index (χ3v) is 6.90. The predicted molar refractivity (Wildman–Crippen MR) is 82.3 cm³/mol. The number of aryl methyl sites for hydroxylation is 1. The van der Waals surface area contributed by atoms with Crippen molar-refractivity contribution in [2.75, 3.05) is 0 Å². The number of fused-ring (bicyclic) bond motifs is 1. The van der Waals surface area contributed by atoms with Crippen LogP contribution < -0.4 is 0 Å². The highest BCUT2D eigenvalue weighted by Gasteiger charge is 2.17. The van der Waals surface area contributed by atoms with Crippen molar-refractivity contribution in [1.82, 2.24) is 3.97 Å². The minimum Gasteiger partial charge on any atom is -0.246 e. The highest BCUT2D eigenvalue weighted by atomic mass is 32.2. The average Bonchev–Trinajstić information content (AvgIpc) is 2.87. The van der Waals surface area contributed by atoms with Crippen molar-refractivity contribution in [3.63, 3.8) is 0 Å². The van der Waals surface area contributed by atoms with Crippen LogP contribution in [0.25, 0.3) is 9.40 Å². The Labute approximate surface area is 123 Å². The second-order valence-electron chi connectivity index (χ2n) is 4.09. The maximum Gasteiger partial charge on any atom is 0.267 e. The molecule has 3 rings (SSSR count). The Kier molecular flexibility index (Phi) is 3.09. The molecule has 3 nitrogen and oxygen atoms in total.